The molecule has 0 saturated carbocycles. The summed E-state index contributed by atoms with van der Waals surface area (Å²) in [6, 6.07) is 0. The zero-order valence-electron chi connectivity index (χ0n) is 14.4. The highest BCUT2D eigenvalue weighted by Gasteiger charge is 2.87. The summed E-state index contributed by atoms with van der Waals surface area (Å²) in [5, 5.41) is 0. The predicted octanol–water partition coefficient (Wildman–Crippen LogP) is 7.89. The van der Waals surface area contributed by atoms with Crippen molar-refractivity contribution in [3.8, 4) is 0 Å². The summed E-state index contributed by atoms with van der Waals surface area (Å²) in [6.45, 7) is 2.79. The minimum absolute atomic E-state index is 0.0913. The van der Waals surface area contributed by atoms with Crippen molar-refractivity contribution in [1.82, 2.24) is 0 Å². The van der Waals surface area contributed by atoms with Gasteiger partial charge in [-0.15, -0.1) is 0 Å². The van der Waals surface area contributed by atoms with Gasteiger partial charge in [-0.2, -0.15) is 48.3 Å². The van der Waals surface area contributed by atoms with Crippen molar-refractivity contribution in [1.29, 1.82) is 0 Å². The van der Waals surface area contributed by atoms with Crippen molar-refractivity contribution >= 4 is 22.6 Å². The van der Waals surface area contributed by atoms with Gasteiger partial charge in [-0.05, 0) is 12.8 Å². The van der Waals surface area contributed by atoms with Gasteiger partial charge in [0, 0.05) is 9.84 Å². The maximum atomic E-state index is 14.2. The van der Waals surface area contributed by atoms with E-state index in [9.17, 15) is 48.3 Å². The van der Waals surface area contributed by atoms with E-state index in [1.165, 1.54) is 22.6 Å². The Morgan fingerprint density at radius 2 is 1.15 bits per heavy atom. The van der Waals surface area contributed by atoms with Crippen LogP contribution in [0.25, 0.3) is 0 Å². The molecule has 0 bridgehead atoms. The molecule has 0 spiro atoms. The fourth-order valence-electron chi connectivity index (χ4n) is 2.52. The third kappa shape index (κ3) is 5.12. The molecule has 0 heterocycles. The minimum Gasteiger partial charge on any atom is -0.199 e. The number of halogens is 12. The Hall–Kier alpha value is -0.0400. The van der Waals surface area contributed by atoms with E-state index in [0.29, 0.717) is 19.3 Å². The molecule has 27 heavy (non-hydrogen) atoms. The van der Waals surface area contributed by atoms with Crippen LogP contribution in [-0.2, 0) is 0 Å². The van der Waals surface area contributed by atoms with Gasteiger partial charge in [0.05, 0.1) is 0 Å². The molecule has 0 nitrogen and oxygen atoms in total. The number of hydrogen-bond acceptors (Lipinski definition) is 0. The van der Waals surface area contributed by atoms with Crippen molar-refractivity contribution in [2.75, 3.05) is 0 Å². The van der Waals surface area contributed by atoms with Crippen LogP contribution in [0.2, 0.25) is 0 Å². The van der Waals surface area contributed by atoms with Crippen LogP contribution in [0.3, 0.4) is 0 Å². The van der Waals surface area contributed by atoms with E-state index < -0.39 is 46.1 Å². The first-order valence-corrected chi connectivity index (χ1v) is 9.40. The van der Waals surface area contributed by atoms with E-state index in [4.69, 9.17) is 0 Å². The van der Waals surface area contributed by atoms with Gasteiger partial charge in [0.1, 0.15) is 0 Å². The van der Waals surface area contributed by atoms with Crippen LogP contribution in [0.1, 0.15) is 52.4 Å². The zero-order valence-corrected chi connectivity index (χ0v) is 16.6. The molecule has 0 rings (SSSR count). The second-order valence-corrected chi connectivity index (χ2v) is 7.82. The van der Waals surface area contributed by atoms with Gasteiger partial charge in [0.2, 0.25) is 0 Å². The number of unbranched alkanes of at least 4 members (excludes halogenated alkanes) is 3. The quantitative estimate of drug-likeness (QED) is 0.109. The van der Waals surface area contributed by atoms with E-state index in [-0.39, 0.29) is 6.42 Å². The van der Waals surface area contributed by atoms with Crippen molar-refractivity contribution < 1.29 is 48.3 Å². The Morgan fingerprint density at radius 1 is 0.667 bits per heavy atom. The van der Waals surface area contributed by atoms with Gasteiger partial charge in [-0.1, -0.05) is 62.1 Å². The first kappa shape index (κ1) is 27.0. The minimum atomic E-state index is -7.33. The first-order chi connectivity index (χ1) is 11.9. The Balaban J connectivity index is 5.77. The summed E-state index contributed by atoms with van der Waals surface area (Å²) in [4.78, 5) is 0. The van der Waals surface area contributed by atoms with E-state index in [1.807, 2.05) is 6.92 Å². The van der Waals surface area contributed by atoms with Crippen LogP contribution < -0.4 is 0 Å². The van der Waals surface area contributed by atoms with Crippen molar-refractivity contribution in [2.45, 2.75) is 86.2 Å². The van der Waals surface area contributed by atoms with Crippen molar-refractivity contribution in [3.05, 3.63) is 0 Å². The molecule has 0 aromatic rings. The second-order valence-electron chi connectivity index (χ2n) is 6.22. The Kier molecular flexibility index (Phi) is 9.17. The Morgan fingerprint density at radius 3 is 1.52 bits per heavy atom. The molecular formula is C15H20F11I. The average molecular weight is 536 g/mol. The summed E-state index contributed by atoms with van der Waals surface area (Å²) in [5.41, 5.74) is 0. The van der Waals surface area contributed by atoms with Crippen LogP contribution in [0.5, 0.6) is 0 Å². The highest BCUT2D eigenvalue weighted by Crippen LogP contribution is 2.59. The predicted molar refractivity (Wildman–Crippen MR) is 86.2 cm³/mol. The fourth-order valence-corrected chi connectivity index (χ4v) is 3.92. The topological polar surface area (TPSA) is 0 Å². The molecule has 0 saturated heterocycles. The van der Waals surface area contributed by atoms with Crippen LogP contribution >= 0.6 is 22.6 Å². The lowest BCUT2D eigenvalue weighted by molar-refractivity contribution is -0.426. The molecule has 0 aliphatic rings. The molecule has 0 aromatic carbocycles. The molecule has 0 N–H and O–H groups in total. The van der Waals surface area contributed by atoms with E-state index >= 15 is 0 Å². The number of hydrogen-bond donors (Lipinski definition) is 0. The van der Waals surface area contributed by atoms with Crippen LogP contribution in [-0.4, -0.2) is 33.8 Å². The molecular weight excluding hydrogens is 516 g/mol. The van der Waals surface area contributed by atoms with E-state index in [1.54, 1.807) is 0 Å². The zero-order chi connectivity index (χ0) is 21.9. The third-order valence-electron chi connectivity index (χ3n) is 4.24. The van der Waals surface area contributed by atoms with Gasteiger partial charge < -0.3 is 0 Å². The van der Waals surface area contributed by atoms with Gasteiger partial charge >= 0.3 is 29.9 Å². The molecule has 0 aliphatic carbocycles. The SMILES string of the molecule is CCCCCCC(I)C(CC)C(F)(F)C(F)(F)C(F)(F)C(F)(F)C(F)(F)F. The monoisotopic (exact) mass is 536 g/mol. The van der Waals surface area contributed by atoms with Crippen LogP contribution in [0.15, 0.2) is 0 Å². The normalized spacial score (nSPS) is 17.1. The second kappa shape index (κ2) is 9.19. The summed E-state index contributed by atoms with van der Waals surface area (Å²) in [6.07, 6.45) is -5.69. The van der Waals surface area contributed by atoms with E-state index in [0.717, 1.165) is 13.3 Å². The highest BCUT2D eigenvalue weighted by atomic mass is 127. The van der Waals surface area contributed by atoms with Gasteiger partial charge in [0.15, 0.2) is 0 Å². The summed E-state index contributed by atoms with van der Waals surface area (Å²) < 4.78 is 143. The lowest BCUT2D eigenvalue weighted by Gasteiger charge is -2.41. The molecule has 0 amide bonds. The molecule has 0 fully saturated rings. The van der Waals surface area contributed by atoms with Gasteiger partial charge in [-0.25, -0.2) is 0 Å². The summed E-state index contributed by atoms with van der Waals surface area (Å²) >= 11 is 1.32. The standard InChI is InChI=1S/C15H20F11I/c1-3-5-6-7-8-10(27)9(4-2)11(16,17)12(18,19)13(20,21)14(22,23)15(24,25)26/h9-10H,3-8H2,1-2H3. The lowest BCUT2D eigenvalue weighted by atomic mass is 9.84. The molecule has 2 unspecified atom stereocenters. The molecule has 0 aliphatic heterocycles. The molecule has 2 atom stereocenters. The smallest absolute Gasteiger partial charge is 0.199 e. The van der Waals surface area contributed by atoms with Gasteiger partial charge in [-0.3, -0.25) is 0 Å². The van der Waals surface area contributed by atoms with E-state index in [2.05, 4.69) is 0 Å². The largest absolute Gasteiger partial charge is 0.460 e. The maximum Gasteiger partial charge on any atom is 0.460 e. The molecule has 12 heteroatoms. The van der Waals surface area contributed by atoms with Gasteiger partial charge in [0.25, 0.3) is 0 Å². The lowest BCUT2D eigenvalue weighted by Crippen LogP contribution is -2.68. The fraction of sp³-hybridized carbons (Fsp3) is 1.00. The maximum absolute atomic E-state index is 14.2. The third-order valence-corrected chi connectivity index (χ3v) is 5.73. The van der Waals surface area contributed by atoms with Crippen LogP contribution in [0, 0.1) is 5.92 Å². The molecule has 0 radical (unpaired) electrons. The molecule has 164 valence electrons. The first-order valence-electron chi connectivity index (χ1n) is 8.15. The van der Waals surface area contributed by atoms with Crippen molar-refractivity contribution in [2.24, 2.45) is 5.92 Å². The Bertz CT molecular complexity index is 459. The number of rotatable bonds is 11. The summed E-state index contributed by atoms with van der Waals surface area (Å²) in [5.74, 6) is -29.9. The molecule has 0 aromatic heterocycles. The highest BCUT2D eigenvalue weighted by molar-refractivity contribution is 14.1. The Labute approximate surface area is 163 Å². The number of alkyl halides is 12. The van der Waals surface area contributed by atoms with Crippen molar-refractivity contribution in [3.63, 3.8) is 0 Å². The average Bonchev–Trinajstić information content (AvgIpc) is 2.50. The summed E-state index contributed by atoms with van der Waals surface area (Å²) in [7, 11) is 0. The van der Waals surface area contributed by atoms with Crippen LogP contribution in [0.4, 0.5) is 48.3 Å².